The molecule has 12 heteroatoms. The molecule has 1 N–H and O–H groups in total. The minimum absolute atomic E-state index is 0.125. The molecular weight excluding hydrogens is 609 g/mol. The molecular formula is C34H41ClFN7O3. The number of benzene rings is 2. The number of likely N-dealkylation sites (N-methyl/N-ethyl adjacent to an activating group) is 1. The van der Waals surface area contributed by atoms with Crippen LogP contribution in [0.25, 0.3) is 32.9 Å². The maximum atomic E-state index is 17.0. The van der Waals surface area contributed by atoms with Crippen molar-refractivity contribution in [2.75, 3.05) is 44.7 Å². The lowest BCUT2D eigenvalue weighted by Gasteiger charge is -2.59. The third-order valence-electron chi connectivity index (χ3n) is 10.4. The summed E-state index contributed by atoms with van der Waals surface area (Å²) in [5, 5.41) is 16.0. The highest BCUT2D eigenvalue weighted by atomic mass is 35.5. The van der Waals surface area contributed by atoms with E-state index < -0.39 is 11.9 Å². The number of anilines is 1. The Balaban J connectivity index is 1.36. The van der Waals surface area contributed by atoms with Gasteiger partial charge in [-0.05, 0) is 56.8 Å². The van der Waals surface area contributed by atoms with Crippen molar-refractivity contribution < 1.29 is 19.0 Å². The molecule has 1 spiro atoms. The van der Waals surface area contributed by atoms with Gasteiger partial charge in [0.25, 0.3) is 0 Å². The molecule has 2 unspecified atom stereocenters. The van der Waals surface area contributed by atoms with Crippen LogP contribution in [-0.2, 0) is 7.05 Å². The number of rotatable bonds is 5. The highest BCUT2D eigenvalue weighted by Crippen LogP contribution is 2.53. The molecule has 244 valence electrons. The second kappa shape index (κ2) is 10.9. The number of hydrogen-bond acceptors (Lipinski definition) is 7. The zero-order chi connectivity index (χ0) is 32.7. The molecule has 46 heavy (non-hydrogen) atoms. The first-order valence-electron chi connectivity index (χ1n) is 16.0. The normalized spacial score (nSPS) is 23.7. The van der Waals surface area contributed by atoms with Crippen molar-refractivity contribution >= 4 is 45.3 Å². The summed E-state index contributed by atoms with van der Waals surface area (Å²) in [4.78, 5) is 27.6. The van der Waals surface area contributed by atoms with Gasteiger partial charge in [-0.1, -0.05) is 44.5 Å². The second-order valence-corrected chi connectivity index (χ2v) is 14.9. The molecule has 3 saturated heterocycles. The van der Waals surface area contributed by atoms with Crippen molar-refractivity contribution in [1.29, 1.82) is 0 Å². The Labute approximate surface area is 273 Å². The standard InChI is InChI=1S/C34H41ClFN7O3/c1-19-9-10-20-15-37-41(6)28(20)24(19)25-23(35)14-22-27(26(25)36)38-31(46-16-21-8-7-12-40(21)5)39-29(22)42-13-11-34(17-42)18-43(32(44)45)30(34)33(2,3)4/h9-10,14-15,21,30H,7-8,11-13,16-18H2,1-6H3,(H,44,45)/t21-,30?,34?/m0/s1. The molecule has 3 aliphatic rings. The van der Waals surface area contributed by atoms with Gasteiger partial charge in [-0.15, -0.1) is 0 Å². The zero-order valence-electron chi connectivity index (χ0n) is 27.3. The molecule has 0 aliphatic carbocycles. The van der Waals surface area contributed by atoms with Crippen molar-refractivity contribution in [3.8, 4) is 17.1 Å². The number of carboxylic acid groups (broad SMARTS) is 1. The topological polar surface area (TPSA) is 99.9 Å². The van der Waals surface area contributed by atoms with Crippen LogP contribution in [0, 0.1) is 23.6 Å². The van der Waals surface area contributed by atoms with Crippen LogP contribution in [0.4, 0.5) is 15.0 Å². The summed E-state index contributed by atoms with van der Waals surface area (Å²) < 4.78 is 25.0. The molecule has 5 heterocycles. The van der Waals surface area contributed by atoms with E-state index in [0.29, 0.717) is 43.0 Å². The van der Waals surface area contributed by atoms with Crippen LogP contribution in [-0.4, -0.2) is 92.7 Å². The van der Waals surface area contributed by atoms with Gasteiger partial charge in [0.05, 0.1) is 16.7 Å². The van der Waals surface area contributed by atoms with Crippen LogP contribution in [0.3, 0.4) is 0 Å². The van der Waals surface area contributed by atoms with Crippen LogP contribution in [0.1, 0.15) is 45.6 Å². The van der Waals surface area contributed by atoms with E-state index in [-0.39, 0.29) is 45.0 Å². The highest BCUT2D eigenvalue weighted by Gasteiger charge is 2.61. The van der Waals surface area contributed by atoms with Crippen molar-refractivity contribution in [3.63, 3.8) is 0 Å². The van der Waals surface area contributed by atoms with E-state index in [2.05, 4.69) is 47.7 Å². The zero-order valence-corrected chi connectivity index (χ0v) is 28.0. The highest BCUT2D eigenvalue weighted by molar-refractivity contribution is 6.35. The molecule has 4 aromatic rings. The Morgan fingerprint density at radius 2 is 1.96 bits per heavy atom. The number of likely N-dealkylation sites (tertiary alicyclic amines) is 2. The van der Waals surface area contributed by atoms with E-state index in [1.807, 2.05) is 26.1 Å². The first-order valence-corrected chi connectivity index (χ1v) is 16.4. The van der Waals surface area contributed by atoms with E-state index in [0.717, 1.165) is 42.3 Å². The van der Waals surface area contributed by atoms with Gasteiger partial charge in [0.15, 0.2) is 5.82 Å². The monoisotopic (exact) mass is 649 g/mol. The SMILES string of the molecule is Cc1ccc2cnn(C)c2c1-c1c(Cl)cc2c(N3CCC4(C3)CN(C(=O)O)C4C(C)(C)C)nc(OC[C@@H]3CCCN3C)nc2c1F. The lowest BCUT2D eigenvalue weighted by Crippen LogP contribution is -2.71. The third kappa shape index (κ3) is 4.85. The summed E-state index contributed by atoms with van der Waals surface area (Å²) in [6, 6.07) is 5.90. The smallest absolute Gasteiger partial charge is 0.407 e. The van der Waals surface area contributed by atoms with Crippen LogP contribution < -0.4 is 9.64 Å². The van der Waals surface area contributed by atoms with Gasteiger partial charge in [-0.3, -0.25) is 4.68 Å². The fourth-order valence-corrected chi connectivity index (χ4v) is 8.75. The van der Waals surface area contributed by atoms with Gasteiger partial charge < -0.3 is 24.5 Å². The van der Waals surface area contributed by atoms with E-state index in [1.165, 1.54) is 0 Å². The molecule has 2 aromatic carbocycles. The van der Waals surface area contributed by atoms with Crippen molar-refractivity contribution in [2.45, 2.75) is 59.0 Å². The van der Waals surface area contributed by atoms with Crippen molar-refractivity contribution in [1.82, 2.24) is 29.5 Å². The van der Waals surface area contributed by atoms with Gasteiger partial charge in [-0.2, -0.15) is 15.1 Å². The Morgan fingerprint density at radius 3 is 2.65 bits per heavy atom. The molecule has 7 rings (SSSR count). The van der Waals surface area contributed by atoms with Crippen LogP contribution >= 0.6 is 11.6 Å². The first kappa shape index (κ1) is 30.9. The summed E-state index contributed by atoms with van der Waals surface area (Å²) in [5.41, 5.74) is 2.26. The lowest BCUT2D eigenvalue weighted by atomic mass is 9.61. The van der Waals surface area contributed by atoms with E-state index >= 15 is 4.39 Å². The molecule has 0 radical (unpaired) electrons. The van der Waals surface area contributed by atoms with Crippen LogP contribution in [0.2, 0.25) is 5.02 Å². The van der Waals surface area contributed by atoms with Crippen molar-refractivity contribution in [2.24, 2.45) is 17.9 Å². The summed E-state index contributed by atoms with van der Waals surface area (Å²) in [5.74, 6) is 0.0221. The summed E-state index contributed by atoms with van der Waals surface area (Å²) in [6.45, 7) is 11.3. The minimum Gasteiger partial charge on any atom is -0.465 e. The quantitative estimate of drug-likeness (QED) is 0.267. The first-order chi connectivity index (χ1) is 21.8. The summed E-state index contributed by atoms with van der Waals surface area (Å²) in [6.07, 6.45) is 3.77. The Kier molecular flexibility index (Phi) is 7.36. The average molecular weight is 650 g/mol. The molecule has 1 amide bonds. The number of nitrogens with zero attached hydrogens (tertiary/aromatic N) is 7. The fourth-order valence-electron chi connectivity index (χ4n) is 8.47. The Bertz CT molecular complexity index is 1870. The number of halogens is 2. The van der Waals surface area contributed by atoms with E-state index in [1.54, 1.807) is 21.8 Å². The maximum absolute atomic E-state index is 17.0. The number of fused-ring (bicyclic) bond motifs is 2. The fraction of sp³-hybridized carbons (Fsp3) is 0.529. The van der Waals surface area contributed by atoms with E-state index in [9.17, 15) is 9.90 Å². The van der Waals surface area contributed by atoms with Crippen LogP contribution in [0.5, 0.6) is 6.01 Å². The Morgan fingerprint density at radius 1 is 1.17 bits per heavy atom. The molecule has 3 atom stereocenters. The molecule has 3 fully saturated rings. The van der Waals surface area contributed by atoms with Gasteiger partial charge in [0.1, 0.15) is 17.9 Å². The number of carbonyl (C=O) groups is 1. The van der Waals surface area contributed by atoms with Gasteiger partial charge >= 0.3 is 12.1 Å². The number of amides is 1. The number of aryl methyl sites for hydroxylation is 2. The van der Waals surface area contributed by atoms with Gasteiger partial charge in [0.2, 0.25) is 0 Å². The Hall–Kier alpha value is -3.70. The predicted molar refractivity (Wildman–Crippen MR) is 177 cm³/mol. The largest absolute Gasteiger partial charge is 0.465 e. The average Bonchev–Trinajstić information content (AvgIpc) is 3.70. The van der Waals surface area contributed by atoms with Crippen molar-refractivity contribution in [3.05, 3.63) is 40.8 Å². The molecule has 3 aliphatic heterocycles. The minimum atomic E-state index is -0.899. The molecule has 10 nitrogen and oxygen atoms in total. The number of hydrogen-bond donors (Lipinski definition) is 1. The summed E-state index contributed by atoms with van der Waals surface area (Å²) >= 11 is 7.00. The third-order valence-corrected chi connectivity index (χ3v) is 10.7. The van der Waals surface area contributed by atoms with Crippen LogP contribution in [0.15, 0.2) is 24.4 Å². The van der Waals surface area contributed by atoms with Gasteiger partial charge in [-0.25, -0.2) is 9.18 Å². The second-order valence-electron chi connectivity index (χ2n) is 14.5. The molecule has 0 saturated carbocycles. The maximum Gasteiger partial charge on any atom is 0.407 e. The molecule has 2 aromatic heterocycles. The lowest BCUT2D eigenvalue weighted by molar-refractivity contribution is -0.0946. The predicted octanol–water partition coefficient (Wildman–Crippen LogP) is 6.36. The van der Waals surface area contributed by atoms with Gasteiger partial charge in [0, 0.05) is 66.1 Å². The number of ether oxygens (including phenoxy) is 1. The molecule has 0 bridgehead atoms. The number of aromatic nitrogens is 4. The van der Waals surface area contributed by atoms with E-state index in [4.69, 9.17) is 21.3 Å². The summed E-state index contributed by atoms with van der Waals surface area (Å²) in [7, 11) is 3.92.